The van der Waals surface area contributed by atoms with Gasteiger partial charge in [-0.25, -0.2) is 0 Å². The number of esters is 1. The maximum Gasteiger partial charge on any atom is 0.313 e. The van der Waals surface area contributed by atoms with Crippen LogP contribution in [0, 0.1) is 0 Å². The van der Waals surface area contributed by atoms with Crippen molar-refractivity contribution in [2.75, 3.05) is 0 Å². The molecule has 0 aromatic heterocycles. The van der Waals surface area contributed by atoms with Crippen LogP contribution in [0.3, 0.4) is 0 Å². The molecule has 2 aromatic rings. The number of carbonyl (C=O) groups is 1. The number of hydrogen-bond acceptors (Lipinski definition) is 3. The Labute approximate surface area is 171 Å². The van der Waals surface area contributed by atoms with Crippen molar-refractivity contribution in [3.05, 3.63) is 66.2 Å². The minimum atomic E-state index is -1.64. The predicted octanol–water partition coefficient (Wildman–Crippen LogP) is 6.57. The van der Waals surface area contributed by atoms with E-state index in [-0.39, 0.29) is 24.2 Å². The second-order valence-corrected chi connectivity index (χ2v) is 13.7. The van der Waals surface area contributed by atoms with Crippen molar-refractivity contribution in [3.8, 4) is 5.75 Å². The van der Waals surface area contributed by atoms with Crippen LogP contribution in [-0.2, 0) is 9.53 Å². The van der Waals surface area contributed by atoms with E-state index in [0.29, 0.717) is 5.75 Å². The maximum absolute atomic E-state index is 12.5. The quantitative estimate of drug-likeness (QED) is 0.186. The van der Waals surface area contributed by atoms with Crippen molar-refractivity contribution >= 4 is 14.0 Å². The zero-order valence-corrected chi connectivity index (χ0v) is 18.7. The van der Waals surface area contributed by atoms with E-state index in [0.717, 1.165) is 25.7 Å². The molecule has 0 aliphatic rings. The van der Waals surface area contributed by atoms with Gasteiger partial charge < -0.3 is 9.47 Å². The van der Waals surface area contributed by atoms with E-state index in [4.69, 9.17) is 9.47 Å². The molecule has 2 aromatic carbocycles. The minimum Gasteiger partial charge on any atom is -0.426 e. The molecule has 0 heterocycles. The summed E-state index contributed by atoms with van der Waals surface area (Å²) in [5, 5.41) is 0. The van der Waals surface area contributed by atoms with Crippen molar-refractivity contribution in [1.29, 1.82) is 0 Å². The van der Waals surface area contributed by atoms with Crippen LogP contribution in [0.4, 0.5) is 0 Å². The number of carbonyl (C=O) groups excluding carboxylic acids is 1. The van der Waals surface area contributed by atoms with E-state index >= 15 is 0 Å². The van der Waals surface area contributed by atoms with E-state index in [1.165, 1.54) is 5.56 Å². The molecular formula is C24H34O3Si. The number of benzene rings is 2. The van der Waals surface area contributed by atoms with Gasteiger partial charge in [0.05, 0.1) is 26.3 Å². The topological polar surface area (TPSA) is 35.5 Å². The van der Waals surface area contributed by atoms with Crippen molar-refractivity contribution in [2.45, 2.75) is 70.5 Å². The third-order valence-corrected chi connectivity index (χ3v) is 6.76. The number of para-hydroxylation sites is 1. The highest BCUT2D eigenvalue weighted by Gasteiger charge is 2.32. The van der Waals surface area contributed by atoms with Crippen LogP contribution < -0.4 is 4.74 Å². The fourth-order valence-corrected chi connectivity index (χ4v) is 5.08. The third kappa shape index (κ3) is 7.61. The Bertz CT molecular complexity index is 695. The standard InChI is InChI=1S/C24H34O3Si/c1-5-6-9-18-22(19-23(25)26-21-16-12-8-13-17-21)27-24(28(2,3)4)20-14-10-7-11-15-20/h7-8,10-17,22,24H,5-6,9,18-19H2,1-4H3/t22-,24+/m1/s1. The van der Waals surface area contributed by atoms with Crippen molar-refractivity contribution < 1.29 is 14.3 Å². The summed E-state index contributed by atoms with van der Waals surface area (Å²) < 4.78 is 12.1. The van der Waals surface area contributed by atoms with E-state index in [2.05, 4.69) is 50.8 Å². The molecule has 0 spiro atoms. The average molecular weight is 399 g/mol. The Balaban J connectivity index is 2.10. The highest BCUT2D eigenvalue weighted by molar-refractivity contribution is 6.77. The molecule has 0 saturated heterocycles. The molecule has 152 valence electrons. The Morgan fingerprint density at radius 3 is 2.11 bits per heavy atom. The fraction of sp³-hybridized carbons (Fsp3) is 0.458. The van der Waals surface area contributed by atoms with E-state index in [1.807, 2.05) is 24.3 Å². The molecule has 0 bridgehead atoms. The fourth-order valence-electron chi connectivity index (χ4n) is 3.29. The number of unbranched alkanes of at least 4 members (excludes halogenated alkanes) is 2. The highest BCUT2D eigenvalue weighted by atomic mass is 28.3. The van der Waals surface area contributed by atoms with E-state index < -0.39 is 8.07 Å². The summed E-state index contributed by atoms with van der Waals surface area (Å²) in [6, 6.07) is 19.7. The summed E-state index contributed by atoms with van der Waals surface area (Å²) in [5.41, 5.74) is 1.27. The van der Waals surface area contributed by atoms with Crippen molar-refractivity contribution in [3.63, 3.8) is 0 Å². The first kappa shape index (κ1) is 22.4. The van der Waals surface area contributed by atoms with Crippen LogP contribution in [0.15, 0.2) is 60.7 Å². The zero-order chi connectivity index (χ0) is 20.4. The first-order valence-electron chi connectivity index (χ1n) is 10.4. The van der Waals surface area contributed by atoms with Crippen LogP contribution in [0.2, 0.25) is 19.6 Å². The van der Waals surface area contributed by atoms with Gasteiger partial charge in [0.15, 0.2) is 0 Å². The molecule has 3 nitrogen and oxygen atoms in total. The SMILES string of the molecule is CCCCC[C@H](CC(=O)Oc1ccccc1)O[C@H](c1ccccc1)[Si](C)(C)C. The molecule has 0 amide bonds. The van der Waals surface area contributed by atoms with Crippen LogP contribution >= 0.6 is 0 Å². The number of hydrogen-bond donors (Lipinski definition) is 0. The summed E-state index contributed by atoms with van der Waals surface area (Å²) in [4.78, 5) is 12.5. The van der Waals surface area contributed by atoms with Gasteiger partial charge in [-0.15, -0.1) is 0 Å². The highest BCUT2D eigenvalue weighted by Crippen LogP contribution is 2.31. The second kappa shape index (κ2) is 11.2. The molecule has 0 unspecified atom stereocenters. The van der Waals surface area contributed by atoms with Gasteiger partial charge in [-0.2, -0.15) is 0 Å². The normalized spacial score (nSPS) is 13.7. The summed E-state index contributed by atoms with van der Waals surface area (Å²) in [7, 11) is -1.64. The van der Waals surface area contributed by atoms with Crippen LogP contribution in [-0.4, -0.2) is 20.1 Å². The zero-order valence-electron chi connectivity index (χ0n) is 17.7. The van der Waals surface area contributed by atoms with Gasteiger partial charge in [-0.05, 0) is 24.1 Å². The van der Waals surface area contributed by atoms with E-state index in [1.54, 1.807) is 12.1 Å². The molecule has 4 heteroatoms. The van der Waals surface area contributed by atoms with Gasteiger partial charge in [-0.1, -0.05) is 94.4 Å². The Morgan fingerprint density at radius 1 is 0.929 bits per heavy atom. The summed E-state index contributed by atoms with van der Waals surface area (Å²) >= 11 is 0. The lowest BCUT2D eigenvalue weighted by Crippen LogP contribution is -2.36. The van der Waals surface area contributed by atoms with Gasteiger partial charge in [-0.3, -0.25) is 4.79 Å². The van der Waals surface area contributed by atoms with Gasteiger partial charge in [0.25, 0.3) is 0 Å². The molecule has 0 aliphatic heterocycles. The Kier molecular flexibility index (Phi) is 8.93. The lowest BCUT2D eigenvalue weighted by molar-refractivity contribution is -0.138. The van der Waals surface area contributed by atoms with E-state index in [9.17, 15) is 4.79 Å². The first-order valence-corrected chi connectivity index (χ1v) is 13.9. The van der Waals surface area contributed by atoms with Gasteiger partial charge in [0.1, 0.15) is 5.75 Å². The molecule has 28 heavy (non-hydrogen) atoms. The predicted molar refractivity (Wildman–Crippen MR) is 118 cm³/mol. The first-order chi connectivity index (χ1) is 13.4. The molecule has 2 atom stereocenters. The maximum atomic E-state index is 12.5. The third-order valence-electron chi connectivity index (χ3n) is 4.72. The average Bonchev–Trinajstić information content (AvgIpc) is 2.66. The molecular weight excluding hydrogens is 364 g/mol. The lowest BCUT2D eigenvalue weighted by atomic mass is 10.1. The van der Waals surface area contributed by atoms with Crippen LogP contribution in [0.1, 0.15) is 50.3 Å². The summed E-state index contributed by atoms with van der Waals surface area (Å²) in [6.07, 6.45) is 4.40. The Morgan fingerprint density at radius 2 is 1.54 bits per heavy atom. The summed E-state index contributed by atoms with van der Waals surface area (Å²) in [5.74, 6) is 0.361. The van der Waals surface area contributed by atoms with Gasteiger partial charge in [0.2, 0.25) is 0 Å². The second-order valence-electron chi connectivity index (χ2n) is 8.40. The minimum absolute atomic E-state index is 0.0600. The monoisotopic (exact) mass is 398 g/mol. The number of rotatable bonds is 11. The number of ether oxygens (including phenoxy) is 2. The van der Waals surface area contributed by atoms with Crippen molar-refractivity contribution in [2.24, 2.45) is 0 Å². The molecule has 0 fully saturated rings. The lowest BCUT2D eigenvalue weighted by Gasteiger charge is -2.33. The molecule has 0 radical (unpaired) electrons. The molecule has 0 saturated carbocycles. The van der Waals surface area contributed by atoms with Crippen molar-refractivity contribution in [1.82, 2.24) is 0 Å². The van der Waals surface area contributed by atoms with Gasteiger partial charge >= 0.3 is 5.97 Å². The smallest absolute Gasteiger partial charge is 0.313 e. The molecule has 0 aliphatic carbocycles. The van der Waals surface area contributed by atoms with Gasteiger partial charge in [0, 0.05) is 0 Å². The van der Waals surface area contributed by atoms with Crippen LogP contribution in [0.25, 0.3) is 0 Å². The Hall–Kier alpha value is -1.91. The molecule has 2 rings (SSSR count). The summed E-state index contributed by atoms with van der Waals surface area (Å²) in [6.45, 7) is 9.14. The van der Waals surface area contributed by atoms with Crippen LogP contribution in [0.5, 0.6) is 5.75 Å². The largest absolute Gasteiger partial charge is 0.426 e. The molecule has 0 N–H and O–H groups in total.